The number of amides is 1. The number of carbonyl (C=O) groups excluding carboxylic acids is 1. The first kappa shape index (κ1) is 23.0. The fourth-order valence-corrected chi connectivity index (χ4v) is 4.17. The van der Waals surface area contributed by atoms with Crippen molar-refractivity contribution < 1.29 is 13.2 Å². The van der Waals surface area contributed by atoms with Crippen molar-refractivity contribution in [3.05, 3.63) is 53.1 Å². The zero-order valence-electron chi connectivity index (χ0n) is 15.9. The molecule has 2 rings (SSSR count). The maximum absolute atomic E-state index is 12.7. The number of hydrogen-bond acceptors (Lipinski definition) is 4. The second-order valence-electron chi connectivity index (χ2n) is 6.09. The van der Waals surface area contributed by atoms with Crippen LogP contribution in [0.4, 0.5) is 11.4 Å². The predicted molar refractivity (Wildman–Crippen MR) is 112 cm³/mol. The molecule has 0 aliphatic heterocycles. The van der Waals surface area contributed by atoms with Crippen molar-refractivity contribution >= 4 is 39.7 Å². The van der Waals surface area contributed by atoms with Crippen LogP contribution < -0.4 is 11.1 Å². The van der Waals surface area contributed by atoms with Crippen LogP contribution in [0.1, 0.15) is 35.3 Å². The summed E-state index contributed by atoms with van der Waals surface area (Å²) < 4.78 is 26.8. The smallest absolute Gasteiger partial charge is 0.255 e. The van der Waals surface area contributed by atoms with Gasteiger partial charge in [0.15, 0.2) is 0 Å². The van der Waals surface area contributed by atoms with Crippen molar-refractivity contribution in [2.24, 2.45) is 0 Å². The highest BCUT2D eigenvalue weighted by Crippen LogP contribution is 2.23. The van der Waals surface area contributed by atoms with E-state index in [1.165, 1.54) is 16.4 Å². The van der Waals surface area contributed by atoms with Gasteiger partial charge in [-0.15, -0.1) is 12.4 Å². The molecule has 0 bridgehead atoms. The van der Waals surface area contributed by atoms with Crippen molar-refractivity contribution in [3.63, 3.8) is 0 Å². The number of carbonyl (C=O) groups is 1. The van der Waals surface area contributed by atoms with Crippen LogP contribution in [0.15, 0.2) is 41.3 Å². The highest BCUT2D eigenvalue weighted by atomic mass is 35.5. The molecule has 148 valence electrons. The number of nitrogens with two attached hydrogens (primary N) is 1. The molecule has 0 atom stereocenters. The van der Waals surface area contributed by atoms with Crippen molar-refractivity contribution in [3.8, 4) is 0 Å². The molecule has 2 aromatic rings. The van der Waals surface area contributed by atoms with Crippen LogP contribution in [-0.2, 0) is 10.0 Å². The molecule has 2 aromatic carbocycles. The lowest BCUT2D eigenvalue weighted by Gasteiger charge is -2.19. The first-order valence-electron chi connectivity index (χ1n) is 8.49. The van der Waals surface area contributed by atoms with Gasteiger partial charge in [-0.3, -0.25) is 4.79 Å². The van der Waals surface area contributed by atoms with Crippen LogP contribution in [0.3, 0.4) is 0 Å². The number of hydrogen-bond donors (Lipinski definition) is 2. The summed E-state index contributed by atoms with van der Waals surface area (Å²) in [4.78, 5) is 12.8. The molecule has 0 heterocycles. The minimum atomic E-state index is -3.63. The third-order valence-electron chi connectivity index (χ3n) is 4.31. The summed E-state index contributed by atoms with van der Waals surface area (Å²) in [6.45, 7) is 7.95. The first-order chi connectivity index (χ1) is 12.2. The number of nitrogen functional groups attached to an aromatic ring is 1. The first-order valence-corrected chi connectivity index (χ1v) is 9.93. The van der Waals surface area contributed by atoms with Gasteiger partial charge in [-0.25, -0.2) is 8.42 Å². The van der Waals surface area contributed by atoms with E-state index in [1.54, 1.807) is 39.0 Å². The normalized spacial score (nSPS) is 11.1. The van der Waals surface area contributed by atoms with E-state index in [0.29, 0.717) is 35.6 Å². The molecule has 0 aliphatic carbocycles. The van der Waals surface area contributed by atoms with Gasteiger partial charge in [-0.2, -0.15) is 4.31 Å². The summed E-state index contributed by atoms with van der Waals surface area (Å²) in [5.74, 6) is -0.368. The minimum absolute atomic E-state index is 0. The van der Waals surface area contributed by atoms with E-state index < -0.39 is 10.0 Å². The number of anilines is 2. The molecule has 0 saturated heterocycles. The Balaban J connectivity index is 0.00000364. The summed E-state index contributed by atoms with van der Waals surface area (Å²) in [7, 11) is -3.63. The summed E-state index contributed by atoms with van der Waals surface area (Å²) in [5.41, 5.74) is 8.81. The Bertz CT molecular complexity index is 926. The summed E-state index contributed by atoms with van der Waals surface area (Å²) in [6, 6.07) is 9.87. The maximum atomic E-state index is 12.7. The lowest BCUT2D eigenvalue weighted by Crippen LogP contribution is -2.30. The molecule has 27 heavy (non-hydrogen) atoms. The molecule has 3 N–H and O–H groups in total. The molecule has 0 spiro atoms. The van der Waals surface area contributed by atoms with Gasteiger partial charge in [0.2, 0.25) is 10.0 Å². The van der Waals surface area contributed by atoms with Crippen LogP contribution in [-0.4, -0.2) is 31.7 Å². The lowest BCUT2D eigenvalue weighted by molar-refractivity contribution is 0.102. The number of nitrogens with one attached hydrogen (secondary N) is 1. The maximum Gasteiger partial charge on any atom is 0.255 e. The van der Waals surface area contributed by atoms with Crippen LogP contribution in [0.2, 0.25) is 0 Å². The molecule has 0 aromatic heterocycles. The van der Waals surface area contributed by atoms with Crippen molar-refractivity contribution in [2.45, 2.75) is 32.6 Å². The summed E-state index contributed by atoms with van der Waals surface area (Å²) in [6.07, 6.45) is 0. The van der Waals surface area contributed by atoms with E-state index >= 15 is 0 Å². The molecule has 0 fully saturated rings. The Hall–Kier alpha value is -2.09. The topological polar surface area (TPSA) is 92.5 Å². The van der Waals surface area contributed by atoms with E-state index in [-0.39, 0.29) is 23.2 Å². The number of aryl methyl sites for hydroxylation is 2. The Kier molecular flexibility index (Phi) is 7.83. The number of nitrogens with zero attached hydrogens (tertiary/aromatic N) is 1. The second kappa shape index (κ2) is 9.21. The monoisotopic (exact) mass is 411 g/mol. The SMILES string of the molecule is CCN(CC)S(=O)(=O)c1ccc(C)c(C(=O)Nc2cc(N)ccc2C)c1.Cl. The molecule has 0 unspecified atom stereocenters. The number of rotatable bonds is 6. The lowest BCUT2D eigenvalue weighted by atomic mass is 10.1. The molecule has 0 saturated carbocycles. The van der Waals surface area contributed by atoms with Gasteiger partial charge in [0, 0.05) is 30.0 Å². The molecule has 0 radical (unpaired) electrons. The number of sulfonamides is 1. The van der Waals surface area contributed by atoms with Crippen molar-refractivity contribution in [1.82, 2.24) is 4.31 Å². The average Bonchev–Trinajstić information content (AvgIpc) is 2.59. The van der Waals surface area contributed by atoms with Gasteiger partial charge in [-0.05, 0) is 49.2 Å². The van der Waals surface area contributed by atoms with Gasteiger partial charge < -0.3 is 11.1 Å². The van der Waals surface area contributed by atoms with E-state index in [0.717, 1.165) is 5.56 Å². The summed E-state index contributed by atoms with van der Waals surface area (Å²) >= 11 is 0. The van der Waals surface area contributed by atoms with Gasteiger partial charge in [0.25, 0.3) is 5.91 Å². The highest BCUT2D eigenvalue weighted by Gasteiger charge is 2.23. The van der Waals surface area contributed by atoms with Crippen LogP contribution in [0, 0.1) is 13.8 Å². The van der Waals surface area contributed by atoms with Crippen molar-refractivity contribution in [1.29, 1.82) is 0 Å². The predicted octanol–water partition coefficient (Wildman–Crippen LogP) is 3.59. The zero-order valence-corrected chi connectivity index (χ0v) is 17.6. The molecule has 0 aliphatic rings. The minimum Gasteiger partial charge on any atom is -0.399 e. The zero-order chi connectivity index (χ0) is 19.5. The van der Waals surface area contributed by atoms with Gasteiger partial charge in [0.1, 0.15) is 0 Å². The third-order valence-corrected chi connectivity index (χ3v) is 6.35. The number of halogens is 1. The largest absolute Gasteiger partial charge is 0.399 e. The van der Waals surface area contributed by atoms with E-state index in [1.807, 2.05) is 13.0 Å². The fourth-order valence-electron chi connectivity index (χ4n) is 2.68. The Morgan fingerprint density at radius 3 is 2.22 bits per heavy atom. The third kappa shape index (κ3) is 5.00. The molecule has 8 heteroatoms. The number of benzene rings is 2. The molecular weight excluding hydrogens is 386 g/mol. The van der Waals surface area contributed by atoms with E-state index in [2.05, 4.69) is 5.32 Å². The van der Waals surface area contributed by atoms with Crippen LogP contribution >= 0.6 is 12.4 Å². The fraction of sp³-hybridized carbons (Fsp3) is 0.316. The van der Waals surface area contributed by atoms with Crippen LogP contribution in [0.5, 0.6) is 0 Å². The highest BCUT2D eigenvalue weighted by molar-refractivity contribution is 7.89. The standard InChI is InChI=1S/C19H25N3O3S.ClH/c1-5-22(6-2)26(24,25)16-10-8-13(3)17(12-16)19(23)21-18-11-15(20)9-7-14(18)4;/h7-12H,5-6,20H2,1-4H3,(H,21,23);1H. The Morgan fingerprint density at radius 2 is 1.63 bits per heavy atom. The molecule has 6 nitrogen and oxygen atoms in total. The average molecular weight is 412 g/mol. The summed E-state index contributed by atoms with van der Waals surface area (Å²) in [5, 5.41) is 2.82. The van der Waals surface area contributed by atoms with Crippen LogP contribution in [0.25, 0.3) is 0 Å². The second-order valence-corrected chi connectivity index (χ2v) is 8.03. The molecular formula is C19H26ClN3O3S. The van der Waals surface area contributed by atoms with E-state index in [9.17, 15) is 13.2 Å². The van der Waals surface area contributed by atoms with Gasteiger partial charge in [-0.1, -0.05) is 26.0 Å². The van der Waals surface area contributed by atoms with Gasteiger partial charge in [0.05, 0.1) is 4.90 Å². The van der Waals surface area contributed by atoms with Gasteiger partial charge >= 0.3 is 0 Å². The quantitative estimate of drug-likeness (QED) is 0.710. The Labute approximate surface area is 167 Å². The Morgan fingerprint density at radius 1 is 1.04 bits per heavy atom. The van der Waals surface area contributed by atoms with Crippen molar-refractivity contribution in [2.75, 3.05) is 24.1 Å². The molecule has 1 amide bonds. The van der Waals surface area contributed by atoms with E-state index in [4.69, 9.17) is 5.73 Å².